The van der Waals surface area contributed by atoms with E-state index in [0.717, 1.165) is 22.0 Å². The molecule has 6 rings (SSSR count). The molecule has 0 bridgehead atoms. The number of carbonyl (C=O) groups excluding carboxylic acids is 2. The molecule has 4 aromatic rings. The molecular formula is C29H22ClN3O4S. The van der Waals surface area contributed by atoms with E-state index in [2.05, 4.69) is 5.32 Å². The van der Waals surface area contributed by atoms with Gasteiger partial charge in [-0.2, -0.15) is 0 Å². The topological polar surface area (TPSA) is 80.2 Å². The van der Waals surface area contributed by atoms with E-state index in [1.165, 1.54) is 11.8 Å². The molecule has 1 N–H and O–H groups in total. The molecule has 0 spiro atoms. The van der Waals surface area contributed by atoms with Crippen molar-refractivity contribution in [1.82, 2.24) is 4.90 Å². The molecule has 2 aliphatic rings. The third kappa shape index (κ3) is 5.05. The molecule has 2 amide bonds. The summed E-state index contributed by atoms with van der Waals surface area (Å²) in [5, 5.41) is 5.42. The molecule has 2 heterocycles. The molecule has 190 valence electrons. The van der Waals surface area contributed by atoms with Gasteiger partial charge in [-0.05, 0) is 53.4 Å². The Morgan fingerprint density at radius 3 is 2.66 bits per heavy atom. The number of anilines is 1. The first-order valence-electron chi connectivity index (χ1n) is 12.0. The molecule has 0 radical (unpaired) electrons. The van der Waals surface area contributed by atoms with Crippen molar-refractivity contribution in [2.75, 3.05) is 12.1 Å². The third-order valence-electron chi connectivity index (χ3n) is 6.28. The molecule has 0 aromatic heterocycles. The minimum absolute atomic E-state index is 0.0122. The Labute approximate surface area is 228 Å². The monoisotopic (exact) mass is 543 g/mol. The van der Waals surface area contributed by atoms with Crippen LogP contribution in [-0.2, 0) is 16.1 Å². The van der Waals surface area contributed by atoms with E-state index >= 15 is 0 Å². The fourth-order valence-electron chi connectivity index (χ4n) is 4.41. The molecule has 2 aliphatic heterocycles. The van der Waals surface area contributed by atoms with Gasteiger partial charge in [-0.15, -0.1) is 0 Å². The van der Waals surface area contributed by atoms with Gasteiger partial charge in [0.15, 0.2) is 16.7 Å². The average Bonchev–Trinajstić information content (AvgIpc) is 3.50. The van der Waals surface area contributed by atoms with Crippen LogP contribution in [0.2, 0.25) is 5.02 Å². The Morgan fingerprint density at radius 1 is 1.00 bits per heavy atom. The summed E-state index contributed by atoms with van der Waals surface area (Å²) in [5.41, 5.74) is 2.26. The second-order valence-corrected chi connectivity index (χ2v) is 10.5. The Hall–Kier alpha value is -4.01. The lowest BCUT2D eigenvalue weighted by Gasteiger charge is -2.17. The highest BCUT2D eigenvalue weighted by atomic mass is 35.5. The summed E-state index contributed by atoms with van der Waals surface area (Å²) in [4.78, 5) is 33.0. The largest absolute Gasteiger partial charge is 0.454 e. The number of halogens is 1. The quantitative estimate of drug-likeness (QED) is 0.305. The van der Waals surface area contributed by atoms with E-state index in [1.807, 2.05) is 60.7 Å². The van der Waals surface area contributed by atoms with Gasteiger partial charge < -0.3 is 14.8 Å². The molecule has 4 aromatic carbocycles. The second-order valence-electron chi connectivity index (χ2n) is 8.87. The van der Waals surface area contributed by atoms with Crippen molar-refractivity contribution >= 4 is 62.5 Å². The predicted molar refractivity (Wildman–Crippen MR) is 150 cm³/mol. The van der Waals surface area contributed by atoms with Crippen LogP contribution in [0.4, 0.5) is 11.4 Å². The maximum Gasteiger partial charge on any atom is 0.242 e. The maximum atomic E-state index is 13.6. The van der Waals surface area contributed by atoms with Gasteiger partial charge in [0.2, 0.25) is 18.6 Å². The smallest absolute Gasteiger partial charge is 0.242 e. The number of fused-ring (bicyclic) bond motifs is 2. The number of carbonyl (C=O) groups is 2. The zero-order valence-corrected chi connectivity index (χ0v) is 21.7. The van der Waals surface area contributed by atoms with Gasteiger partial charge in [-0.1, -0.05) is 65.8 Å². The first kappa shape index (κ1) is 24.3. The van der Waals surface area contributed by atoms with Crippen molar-refractivity contribution in [1.29, 1.82) is 0 Å². The Kier molecular flexibility index (Phi) is 6.66. The highest BCUT2D eigenvalue weighted by Gasteiger charge is 2.39. The minimum atomic E-state index is -0.606. The van der Waals surface area contributed by atoms with Crippen molar-refractivity contribution in [2.45, 2.75) is 18.2 Å². The van der Waals surface area contributed by atoms with Crippen molar-refractivity contribution < 1.29 is 19.1 Å². The molecule has 1 fully saturated rings. The zero-order chi connectivity index (χ0) is 26.1. The van der Waals surface area contributed by atoms with E-state index in [1.54, 1.807) is 29.2 Å². The number of ether oxygens (including phenoxy) is 2. The first-order valence-corrected chi connectivity index (χ1v) is 13.3. The van der Waals surface area contributed by atoms with Crippen LogP contribution in [0.5, 0.6) is 11.5 Å². The van der Waals surface area contributed by atoms with Crippen molar-refractivity contribution in [3.8, 4) is 11.5 Å². The van der Waals surface area contributed by atoms with E-state index < -0.39 is 5.25 Å². The highest BCUT2D eigenvalue weighted by molar-refractivity contribution is 8.15. The lowest BCUT2D eigenvalue weighted by Crippen LogP contribution is -2.33. The van der Waals surface area contributed by atoms with Crippen LogP contribution in [0.1, 0.15) is 12.0 Å². The molecule has 7 nitrogen and oxygen atoms in total. The Morgan fingerprint density at radius 2 is 1.79 bits per heavy atom. The Balaban J connectivity index is 1.29. The van der Waals surface area contributed by atoms with Gasteiger partial charge in [0.05, 0.1) is 12.2 Å². The number of benzene rings is 4. The summed E-state index contributed by atoms with van der Waals surface area (Å²) in [5.74, 6) is 0.899. The van der Waals surface area contributed by atoms with Crippen LogP contribution in [0.25, 0.3) is 10.8 Å². The number of rotatable bonds is 6. The number of hydrogen-bond acceptors (Lipinski definition) is 6. The number of nitrogens with one attached hydrogen (secondary N) is 1. The van der Waals surface area contributed by atoms with Crippen LogP contribution in [-0.4, -0.2) is 33.9 Å². The maximum absolute atomic E-state index is 13.6. The normalized spacial score (nSPS) is 17.4. The van der Waals surface area contributed by atoms with Crippen LogP contribution >= 0.6 is 23.4 Å². The molecular weight excluding hydrogens is 522 g/mol. The Bertz CT molecular complexity index is 1570. The van der Waals surface area contributed by atoms with Crippen LogP contribution in [0.3, 0.4) is 0 Å². The fourth-order valence-corrected chi connectivity index (χ4v) is 5.69. The summed E-state index contributed by atoms with van der Waals surface area (Å²) in [6.07, 6.45) is 0.0122. The molecule has 1 atom stereocenters. The van der Waals surface area contributed by atoms with Gasteiger partial charge in [0.1, 0.15) is 5.25 Å². The minimum Gasteiger partial charge on any atom is -0.454 e. The average molecular weight is 544 g/mol. The zero-order valence-electron chi connectivity index (χ0n) is 20.1. The summed E-state index contributed by atoms with van der Waals surface area (Å²) in [6.45, 7) is 0.469. The molecule has 0 aliphatic carbocycles. The molecule has 9 heteroatoms. The molecule has 1 unspecified atom stereocenters. The summed E-state index contributed by atoms with van der Waals surface area (Å²) >= 11 is 7.25. The number of nitrogens with zero attached hydrogens (tertiary/aromatic N) is 2. The molecule has 1 saturated heterocycles. The van der Waals surface area contributed by atoms with Gasteiger partial charge in [-0.25, -0.2) is 4.99 Å². The van der Waals surface area contributed by atoms with E-state index in [9.17, 15) is 9.59 Å². The molecule has 38 heavy (non-hydrogen) atoms. The lowest BCUT2D eigenvalue weighted by molar-refractivity contribution is -0.128. The number of aliphatic imine (C=N–C) groups is 1. The lowest BCUT2D eigenvalue weighted by atomic mass is 10.1. The van der Waals surface area contributed by atoms with Crippen molar-refractivity contribution in [3.63, 3.8) is 0 Å². The van der Waals surface area contributed by atoms with E-state index in [-0.39, 0.29) is 25.0 Å². The SMILES string of the molecule is O=C(CC1SC(=Nc2cccc3ccccc23)N(Cc2ccc3c(c2)OCO3)C1=O)Nc1ccc(Cl)cc1. The number of amidine groups is 1. The van der Waals surface area contributed by atoms with Gasteiger partial charge in [-0.3, -0.25) is 14.5 Å². The number of amides is 2. The van der Waals surface area contributed by atoms with Crippen LogP contribution in [0.15, 0.2) is 89.9 Å². The summed E-state index contributed by atoms with van der Waals surface area (Å²) < 4.78 is 10.9. The molecule has 0 saturated carbocycles. The number of thioether (sulfide) groups is 1. The third-order valence-corrected chi connectivity index (χ3v) is 7.71. The highest BCUT2D eigenvalue weighted by Crippen LogP contribution is 2.37. The number of hydrogen-bond donors (Lipinski definition) is 1. The van der Waals surface area contributed by atoms with Crippen molar-refractivity contribution in [2.24, 2.45) is 4.99 Å². The standard InChI is InChI=1S/C29H22ClN3O4S/c30-20-9-11-21(12-10-20)31-27(34)15-26-28(35)33(16-18-8-13-24-25(14-18)37-17-36-24)29(38-26)32-23-7-3-5-19-4-1-2-6-22(19)23/h1-14,26H,15-17H2,(H,31,34). The van der Waals surface area contributed by atoms with Gasteiger partial charge in [0, 0.05) is 22.5 Å². The van der Waals surface area contributed by atoms with Crippen LogP contribution < -0.4 is 14.8 Å². The summed E-state index contributed by atoms with van der Waals surface area (Å²) in [6, 6.07) is 26.4. The van der Waals surface area contributed by atoms with Crippen molar-refractivity contribution in [3.05, 3.63) is 95.5 Å². The van der Waals surface area contributed by atoms with Gasteiger partial charge in [0.25, 0.3) is 0 Å². The van der Waals surface area contributed by atoms with E-state index in [0.29, 0.717) is 33.9 Å². The first-order chi connectivity index (χ1) is 18.5. The van der Waals surface area contributed by atoms with E-state index in [4.69, 9.17) is 26.1 Å². The predicted octanol–water partition coefficient (Wildman–Crippen LogP) is 6.38. The second kappa shape index (κ2) is 10.4. The fraction of sp³-hybridized carbons (Fsp3) is 0.138. The van der Waals surface area contributed by atoms with Gasteiger partial charge >= 0.3 is 0 Å². The van der Waals surface area contributed by atoms with Crippen LogP contribution in [0, 0.1) is 0 Å². The summed E-state index contributed by atoms with van der Waals surface area (Å²) in [7, 11) is 0.